The molecule has 0 spiro atoms. The van der Waals surface area contributed by atoms with Gasteiger partial charge in [-0.1, -0.05) is 18.2 Å². The van der Waals surface area contributed by atoms with Crippen LogP contribution < -0.4 is 14.2 Å². The topological polar surface area (TPSA) is 61.8 Å². The third-order valence-electron chi connectivity index (χ3n) is 3.72. The summed E-state index contributed by atoms with van der Waals surface area (Å²) in [5.41, 5.74) is 1.80. The van der Waals surface area contributed by atoms with E-state index in [4.69, 9.17) is 14.2 Å². The third-order valence-corrected chi connectivity index (χ3v) is 3.72. The summed E-state index contributed by atoms with van der Waals surface area (Å²) in [6, 6.07) is 10.6. The molecule has 0 fully saturated rings. The Bertz CT molecular complexity index is 864. The summed E-state index contributed by atoms with van der Waals surface area (Å²) >= 11 is 0. The maximum absolute atomic E-state index is 12.5. The van der Waals surface area contributed by atoms with E-state index in [-0.39, 0.29) is 11.5 Å². The van der Waals surface area contributed by atoms with Gasteiger partial charge in [-0.15, -0.1) is 0 Å². The van der Waals surface area contributed by atoms with Crippen molar-refractivity contribution in [1.82, 2.24) is 0 Å². The molecule has 0 N–H and O–H groups in total. The number of hydrogen-bond donors (Lipinski definition) is 0. The minimum Gasteiger partial charge on any atom is -0.496 e. The first-order chi connectivity index (χ1) is 11.5. The molecule has 0 atom stereocenters. The molecule has 2 aromatic rings. The lowest BCUT2D eigenvalue weighted by Gasteiger charge is -2.08. The molecule has 5 nitrogen and oxygen atoms in total. The number of ketones is 1. The lowest BCUT2D eigenvalue weighted by atomic mass is 10.1. The number of para-hydroxylation sites is 1. The number of benzene rings is 2. The van der Waals surface area contributed by atoms with Gasteiger partial charge >= 0.3 is 5.97 Å². The number of rotatable bonds is 3. The zero-order valence-corrected chi connectivity index (χ0v) is 13.6. The van der Waals surface area contributed by atoms with Gasteiger partial charge in [-0.2, -0.15) is 0 Å². The Kier molecular flexibility index (Phi) is 4.08. The van der Waals surface area contributed by atoms with Crippen LogP contribution in [0.3, 0.4) is 0 Å². The molecule has 0 unspecified atom stereocenters. The Labute approximate surface area is 139 Å². The molecule has 0 radical (unpaired) electrons. The highest BCUT2D eigenvalue weighted by molar-refractivity contribution is 6.15. The summed E-state index contributed by atoms with van der Waals surface area (Å²) < 4.78 is 16.2. The molecule has 0 saturated heterocycles. The van der Waals surface area contributed by atoms with Crippen LogP contribution in [0.4, 0.5) is 0 Å². The molecule has 0 amide bonds. The molecular formula is C19H16O5. The molecule has 1 aliphatic rings. The number of esters is 1. The Balaban J connectivity index is 2.00. The average Bonchev–Trinajstić information content (AvgIpc) is 2.87. The molecule has 3 rings (SSSR count). The van der Waals surface area contributed by atoms with Crippen molar-refractivity contribution in [2.45, 2.75) is 13.8 Å². The number of ether oxygens (including phenoxy) is 3. The highest BCUT2D eigenvalue weighted by Gasteiger charge is 2.30. The molecule has 5 heteroatoms. The van der Waals surface area contributed by atoms with Crippen molar-refractivity contribution >= 4 is 17.8 Å². The molecule has 2 aromatic carbocycles. The van der Waals surface area contributed by atoms with Gasteiger partial charge in [0, 0.05) is 18.1 Å². The molecule has 0 bridgehead atoms. The largest absolute Gasteiger partial charge is 0.496 e. The minimum atomic E-state index is -0.424. The number of hydrogen-bond acceptors (Lipinski definition) is 5. The number of carbonyl (C=O) groups excluding carboxylic acids is 2. The van der Waals surface area contributed by atoms with E-state index < -0.39 is 5.97 Å². The Morgan fingerprint density at radius 2 is 1.88 bits per heavy atom. The van der Waals surface area contributed by atoms with Crippen LogP contribution in [-0.2, 0) is 4.79 Å². The fourth-order valence-electron chi connectivity index (χ4n) is 2.56. The summed E-state index contributed by atoms with van der Waals surface area (Å²) in [5, 5.41) is 0. The lowest BCUT2D eigenvalue weighted by molar-refractivity contribution is -0.131. The maximum atomic E-state index is 12.5. The molecule has 1 aliphatic heterocycles. The van der Waals surface area contributed by atoms with E-state index in [0.29, 0.717) is 28.4 Å². The monoisotopic (exact) mass is 324 g/mol. The van der Waals surface area contributed by atoms with Crippen LogP contribution in [-0.4, -0.2) is 18.9 Å². The van der Waals surface area contributed by atoms with Crippen LogP contribution in [0.5, 0.6) is 17.2 Å². The molecule has 1 heterocycles. The van der Waals surface area contributed by atoms with Crippen molar-refractivity contribution in [3.8, 4) is 17.2 Å². The highest BCUT2D eigenvalue weighted by atomic mass is 16.5. The first kappa shape index (κ1) is 15.8. The summed E-state index contributed by atoms with van der Waals surface area (Å²) in [5.74, 6) is 1.01. The quantitative estimate of drug-likeness (QED) is 0.491. The van der Waals surface area contributed by atoms with Crippen molar-refractivity contribution in [3.63, 3.8) is 0 Å². The lowest BCUT2D eigenvalue weighted by Crippen LogP contribution is -2.03. The van der Waals surface area contributed by atoms with Crippen LogP contribution in [0, 0.1) is 6.92 Å². The van der Waals surface area contributed by atoms with E-state index in [1.54, 1.807) is 32.2 Å². The number of carbonyl (C=O) groups is 2. The summed E-state index contributed by atoms with van der Waals surface area (Å²) in [4.78, 5) is 23.7. The minimum absolute atomic E-state index is 0.206. The zero-order valence-electron chi connectivity index (χ0n) is 13.6. The van der Waals surface area contributed by atoms with Gasteiger partial charge in [0.25, 0.3) is 0 Å². The van der Waals surface area contributed by atoms with Gasteiger partial charge in [-0.05, 0) is 31.2 Å². The zero-order chi connectivity index (χ0) is 17.3. The van der Waals surface area contributed by atoms with Crippen LogP contribution in [0.1, 0.15) is 28.4 Å². The fraction of sp³-hybridized carbons (Fsp3) is 0.158. The van der Waals surface area contributed by atoms with Gasteiger partial charge < -0.3 is 14.2 Å². The van der Waals surface area contributed by atoms with Crippen molar-refractivity contribution < 1.29 is 23.8 Å². The van der Waals surface area contributed by atoms with Crippen LogP contribution >= 0.6 is 0 Å². The van der Waals surface area contributed by atoms with Gasteiger partial charge in [-0.25, -0.2) is 0 Å². The average molecular weight is 324 g/mol. The van der Waals surface area contributed by atoms with Crippen LogP contribution in [0.25, 0.3) is 6.08 Å². The number of allylic oxidation sites excluding steroid dienone is 1. The van der Waals surface area contributed by atoms with Crippen LogP contribution in [0.15, 0.2) is 42.2 Å². The predicted molar refractivity (Wildman–Crippen MR) is 88.4 cm³/mol. The first-order valence-electron chi connectivity index (χ1n) is 7.40. The SMILES string of the molecule is COc1ccccc1/C=C1\Oc2c(ccc(OC(C)=O)c2C)C1=O. The van der Waals surface area contributed by atoms with E-state index in [0.717, 1.165) is 5.56 Å². The number of Topliss-reactive ketones (excluding diaryl/α,β-unsaturated/α-hetero) is 1. The van der Waals surface area contributed by atoms with E-state index in [1.165, 1.54) is 6.92 Å². The van der Waals surface area contributed by atoms with E-state index in [1.807, 2.05) is 24.3 Å². The fourth-order valence-corrected chi connectivity index (χ4v) is 2.56. The molecule has 0 aliphatic carbocycles. The van der Waals surface area contributed by atoms with Gasteiger partial charge in [0.1, 0.15) is 17.2 Å². The van der Waals surface area contributed by atoms with E-state index >= 15 is 0 Å². The molecule has 0 aromatic heterocycles. The standard InChI is InChI=1S/C19H16O5/c1-11-15(23-12(2)20)9-8-14-18(21)17(24-19(11)14)10-13-6-4-5-7-16(13)22-3/h4-10H,1-3H3/b17-10-. The predicted octanol–water partition coefficient (Wildman–Crippen LogP) is 3.55. The summed E-state index contributed by atoms with van der Waals surface area (Å²) in [6.07, 6.45) is 1.64. The normalized spacial score (nSPS) is 14.3. The second kappa shape index (κ2) is 6.20. The second-order valence-electron chi connectivity index (χ2n) is 5.34. The van der Waals surface area contributed by atoms with Crippen molar-refractivity contribution in [2.24, 2.45) is 0 Å². The first-order valence-corrected chi connectivity index (χ1v) is 7.40. The van der Waals surface area contributed by atoms with Crippen molar-refractivity contribution in [1.29, 1.82) is 0 Å². The molecule has 122 valence electrons. The van der Waals surface area contributed by atoms with Crippen molar-refractivity contribution in [2.75, 3.05) is 7.11 Å². The maximum Gasteiger partial charge on any atom is 0.308 e. The molecule has 0 saturated carbocycles. The van der Waals surface area contributed by atoms with E-state index in [2.05, 4.69) is 0 Å². The Morgan fingerprint density at radius 3 is 2.58 bits per heavy atom. The number of methoxy groups -OCH3 is 1. The van der Waals surface area contributed by atoms with Gasteiger partial charge in [0.2, 0.25) is 5.78 Å². The number of fused-ring (bicyclic) bond motifs is 1. The molecular weight excluding hydrogens is 308 g/mol. The summed E-state index contributed by atoms with van der Waals surface area (Å²) in [6.45, 7) is 3.07. The Morgan fingerprint density at radius 1 is 1.12 bits per heavy atom. The Hall–Kier alpha value is -3.08. The second-order valence-corrected chi connectivity index (χ2v) is 5.34. The van der Waals surface area contributed by atoms with E-state index in [9.17, 15) is 9.59 Å². The van der Waals surface area contributed by atoms with Gasteiger partial charge in [-0.3, -0.25) is 9.59 Å². The summed E-state index contributed by atoms with van der Waals surface area (Å²) in [7, 11) is 1.57. The van der Waals surface area contributed by atoms with Gasteiger partial charge in [0.15, 0.2) is 5.76 Å². The molecule has 24 heavy (non-hydrogen) atoms. The smallest absolute Gasteiger partial charge is 0.308 e. The highest BCUT2D eigenvalue weighted by Crippen LogP contribution is 2.39. The van der Waals surface area contributed by atoms with Crippen LogP contribution in [0.2, 0.25) is 0 Å². The van der Waals surface area contributed by atoms with Crippen molar-refractivity contribution in [3.05, 3.63) is 58.8 Å². The third kappa shape index (κ3) is 2.76. The van der Waals surface area contributed by atoms with Gasteiger partial charge in [0.05, 0.1) is 12.7 Å².